The lowest BCUT2D eigenvalue weighted by Crippen LogP contribution is -2.48. The van der Waals surface area contributed by atoms with Gasteiger partial charge in [-0.15, -0.1) is 0 Å². The zero-order chi connectivity index (χ0) is 25.0. The normalized spacial score (nSPS) is 24.8. The number of amides is 1. The van der Waals surface area contributed by atoms with Crippen LogP contribution in [0, 0.1) is 23.2 Å². The third-order valence-electron chi connectivity index (χ3n) is 8.16. The summed E-state index contributed by atoms with van der Waals surface area (Å²) in [5.74, 6) is 1.37. The summed E-state index contributed by atoms with van der Waals surface area (Å²) >= 11 is 0. The van der Waals surface area contributed by atoms with Gasteiger partial charge in [0.05, 0.1) is 19.3 Å². The van der Waals surface area contributed by atoms with Crippen molar-refractivity contribution >= 4 is 11.6 Å². The molecule has 0 aromatic carbocycles. The van der Waals surface area contributed by atoms with E-state index in [-0.39, 0.29) is 35.7 Å². The number of aromatic nitrogens is 3. The third kappa shape index (κ3) is 5.26. The number of nitrogens with one attached hydrogen (secondary N) is 2. The smallest absolute Gasteiger partial charge is 0.311 e. The van der Waals surface area contributed by atoms with Crippen molar-refractivity contribution in [1.29, 1.82) is 0 Å². The highest BCUT2D eigenvalue weighted by atomic mass is 16.5. The van der Waals surface area contributed by atoms with Crippen LogP contribution >= 0.6 is 0 Å². The summed E-state index contributed by atoms with van der Waals surface area (Å²) in [5.41, 5.74) is 1.37. The van der Waals surface area contributed by atoms with Crippen LogP contribution in [0.15, 0.2) is 35.5 Å². The Bertz CT molecular complexity index is 1040. The number of ether oxygens (including phenoxy) is 1. The van der Waals surface area contributed by atoms with E-state index in [0.717, 1.165) is 23.1 Å². The van der Waals surface area contributed by atoms with E-state index in [1.54, 1.807) is 18.6 Å². The molecule has 1 saturated carbocycles. The number of hydrogen-bond acceptors (Lipinski definition) is 6. The fraction of sp³-hybridized carbons (Fsp3) is 0.615. The van der Waals surface area contributed by atoms with Crippen LogP contribution in [0.1, 0.15) is 66.0 Å². The number of hydrogen-bond donors (Lipinski definition) is 2. The van der Waals surface area contributed by atoms with Crippen LogP contribution in [0.4, 0.5) is 5.69 Å². The summed E-state index contributed by atoms with van der Waals surface area (Å²) in [6.45, 7) is 13.3. The van der Waals surface area contributed by atoms with Crippen molar-refractivity contribution in [3.8, 4) is 5.75 Å². The maximum absolute atomic E-state index is 13.1. The molecule has 2 heterocycles. The molecule has 0 bridgehead atoms. The van der Waals surface area contributed by atoms with Crippen molar-refractivity contribution in [1.82, 2.24) is 20.1 Å². The number of carbonyl (C=O) groups excluding carboxylic acids is 1. The first-order chi connectivity index (χ1) is 16.1. The van der Waals surface area contributed by atoms with Gasteiger partial charge >= 0.3 is 5.56 Å². The van der Waals surface area contributed by atoms with Gasteiger partial charge in [-0.25, -0.2) is 4.68 Å². The van der Waals surface area contributed by atoms with Crippen LogP contribution in [-0.2, 0) is 11.3 Å². The predicted molar refractivity (Wildman–Crippen MR) is 134 cm³/mol. The van der Waals surface area contributed by atoms with Crippen LogP contribution in [-0.4, -0.2) is 33.8 Å². The standard InChI is InChI=1S/C26H39N5O3/c1-8-20(19-9-11-27-12-10-19)30-23(32)15-31-25(33)24(34-7)22(14-28-31)29-21-13-16(2)26(5,6)18(4)17(21)3/h9-12,14,16-18,20-21,29H,8,13,15H2,1-7H3,(H,30,32)/t16-,17+,18+,20?,21+/m0/s1. The average Bonchev–Trinajstić information content (AvgIpc) is 2.82. The van der Waals surface area contributed by atoms with Gasteiger partial charge in [0.1, 0.15) is 12.2 Å². The molecule has 5 atom stereocenters. The Kier molecular flexibility index (Phi) is 8.00. The number of rotatable bonds is 8. The van der Waals surface area contributed by atoms with Crippen LogP contribution in [0.2, 0.25) is 0 Å². The van der Waals surface area contributed by atoms with Gasteiger partial charge in [0.2, 0.25) is 11.7 Å². The van der Waals surface area contributed by atoms with Crippen LogP contribution in [0.5, 0.6) is 5.75 Å². The van der Waals surface area contributed by atoms with Crippen LogP contribution < -0.4 is 20.9 Å². The largest absolute Gasteiger partial charge is 0.490 e. The summed E-state index contributed by atoms with van der Waals surface area (Å²) in [4.78, 5) is 29.8. The van der Waals surface area contributed by atoms with E-state index in [1.807, 2.05) is 19.1 Å². The second-order valence-corrected chi connectivity index (χ2v) is 10.2. The van der Waals surface area contributed by atoms with Gasteiger partial charge in [0.15, 0.2) is 0 Å². The highest BCUT2D eigenvalue weighted by molar-refractivity contribution is 5.76. The highest BCUT2D eigenvalue weighted by Crippen LogP contribution is 2.48. The van der Waals surface area contributed by atoms with Crippen LogP contribution in [0.3, 0.4) is 0 Å². The lowest BCUT2D eigenvalue weighted by molar-refractivity contribution is -0.122. The van der Waals surface area contributed by atoms with Crippen molar-refractivity contribution in [2.24, 2.45) is 23.2 Å². The SMILES string of the molecule is CCC(NC(=O)Cn1ncc(N[C@@H]2C[C@H](C)C(C)(C)[C@H](C)[C@H]2C)c(OC)c1=O)c1ccncc1. The first-order valence-electron chi connectivity index (χ1n) is 12.2. The van der Waals surface area contributed by atoms with E-state index >= 15 is 0 Å². The van der Waals surface area contributed by atoms with Gasteiger partial charge in [-0.05, 0) is 53.7 Å². The van der Waals surface area contributed by atoms with Gasteiger partial charge in [0, 0.05) is 18.4 Å². The molecular weight excluding hydrogens is 430 g/mol. The summed E-state index contributed by atoms with van der Waals surface area (Å²) < 4.78 is 6.62. The molecule has 0 spiro atoms. The van der Waals surface area contributed by atoms with Crippen molar-refractivity contribution in [2.75, 3.05) is 12.4 Å². The van der Waals surface area contributed by atoms with E-state index in [1.165, 1.54) is 7.11 Å². The number of methoxy groups -OCH3 is 1. The van der Waals surface area contributed by atoms with Gasteiger partial charge in [-0.1, -0.05) is 41.5 Å². The summed E-state index contributed by atoms with van der Waals surface area (Å²) in [6, 6.07) is 3.79. The van der Waals surface area contributed by atoms with Gasteiger partial charge in [0.25, 0.3) is 0 Å². The molecule has 34 heavy (non-hydrogen) atoms. The van der Waals surface area contributed by atoms with Gasteiger partial charge in [-0.3, -0.25) is 14.6 Å². The number of pyridine rings is 1. The van der Waals surface area contributed by atoms with Crippen molar-refractivity contribution in [3.05, 3.63) is 46.6 Å². The maximum Gasteiger partial charge on any atom is 0.311 e. The summed E-state index contributed by atoms with van der Waals surface area (Å²) in [5, 5.41) is 10.8. The van der Waals surface area contributed by atoms with Crippen molar-refractivity contribution in [2.45, 2.75) is 73.0 Å². The second kappa shape index (κ2) is 10.6. The highest BCUT2D eigenvalue weighted by Gasteiger charge is 2.43. The molecule has 0 aliphatic heterocycles. The Balaban J connectivity index is 1.75. The number of anilines is 1. The van der Waals surface area contributed by atoms with E-state index in [2.05, 4.69) is 55.3 Å². The zero-order valence-corrected chi connectivity index (χ0v) is 21.5. The van der Waals surface area contributed by atoms with E-state index < -0.39 is 5.56 Å². The minimum Gasteiger partial charge on any atom is -0.490 e. The van der Waals surface area contributed by atoms with E-state index in [0.29, 0.717) is 23.4 Å². The van der Waals surface area contributed by atoms with Gasteiger partial charge in [-0.2, -0.15) is 5.10 Å². The molecule has 1 unspecified atom stereocenters. The minimum absolute atomic E-state index is 0.157. The summed E-state index contributed by atoms with van der Waals surface area (Å²) in [7, 11) is 1.47. The molecule has 1 aliphatic carbocycles. The molecule has 0 saturated heterocycles. The predicted octanol–water partition coefficient (Wildman–Crippen LogP) is 4.03. The first-order valence-corrected chi connectivity index (χ1v) is 12.2. The zero-order valence-electron chi connectivity index (χ0n) is 21.5. The molecule has 2 aromatic heterocycles. The van der Waals surface area contributed by atoms with Crippen molar-refractivity contribution < 1.29 is 9.53 Å². The van der Waals surface area contributed by atoms with Gasteiger partial charge < -0.3 is 15.4 Å². The fourth-order valence-electron chi connectivity index (χ4n) is 5.04. The molecular formula is C26H39N5O3. The lowest BCUT2D eigenvalue weighted by atomic mass is 9.58. The molecule has 0 radical (unpaired) electrons. The molecule has 2 aromatic rings. The maximum atomic E-state index is 13.1. The molecule has 1 aliphatic rings. The third-order valence-corrected chi connectivity index (χ3v) is 8.16. The Hall–Kier alpha value is -2.90. The quantitative estimate of drug-likeness (QED) is 0.606. The Morgan fingerprint density at radius 2 is 1.94 bits per heavy atom. The Morgan fingerprint density at radius 3 is 2.56 bits per heavy atom. The topological polar surface area (TPSA) is 98.1 Å². The molecule has 8 heteroatoms. The first kappa shape index (κ1) is 25.7. The Labute approximate surface area is 202 Å². The molecule has 3 rings (SSSR count). The molecule has 2 N–H and O–H groups in total. The molecule has 8 nitrogen and oxygen atoms in total. The van der Waals surface area contributed by atoms with E-state index in [4.69, 9.17) is 4.74 Å². The fourth-order valence-corrected chi connectivity index (χ4v) is 5.04. The summed E-state index contributed by atoms with van der Waals surface area (Å²) in [6.07, 6.45) is 6.71. The minimum atomic E-state index is -0.426. The van der Waals surface area contributed by atoms with E-state index in [9.17, 15) is 9.59 Å². The van der Waals surface area contributed by atoms with Crippen molar-refractivity contribution in [3.63, 3.8) is 0 Å². The molecule has 1 amide bonds. The lowest BCUT2D eigenvalue weighted by Gasteiger charge is -2.50. The second-order valence-electron chi connectivity index (χ2n) is 10.2. The number of nitrogens with zero attached hydrogens (tertiary/aromatic N) is 3. The molecule has 1 fully saturated rings. The average molecular weight is 470 g/mol. The molecule has 186 valence electrons. The Morgan fingerprint density at radius 1 is 1.26 bits per heavy atom. The monoisotopic (exact) mass is 469 g/mol. The number of carbonyl (C=O) groups is 1. The van der Waals surface area contributed by atoms with Crippen LogP contribution in [0.25, 0.3) is 0 Å².